The highest BCUT2D eigenvalue weighted by Crippen LogP contribution is 2.43. The summed E-state index contributed by atoms with van der Waals surface area (Å²) in [5.41, 5.74) is 9.89. The fourth-order valence-corrected chi connectivity index (χ4v) is 5.31. The largest absolute Gasteiger partial charge is 0.456 e. The van der Waals surface area contributed by atoms with Crippen LogP contribution in [0.4, 0.5) is 17.1 Å². The average molecular weight is 514 g/mol. The Hall–Kier alpha value is -5.34. The van der Waals surface area contributed by atoms with Crippen molar-refractivity contribution >= 4 is 28.0 Å². The third-order valence-corrected chi connectivity index (χ3v) is 7.28. The fourth-order valence-electron chi connectivity index (χ4n) is 5.31. The molecule has 0 aliphatic heterocycles. The van der Waals surface area contributed by atoms with Gasteiger partial charge in [0.2, 0.25) is 0 Å². The predicted molar refractivity (Wildman–Crippen MR) is 167 cm³/mol. The van der Waals surface area contributed by atoms with E-state index in [9.17, 15) is 0 Å². The number of hydrogen-bond acceptors (Lipinski definition) is 2. The van der Waals surface area contributed by atoms with Crippen LogP contribution < -0.4 is 4.90 Å². The second kappa shape index (κ2) is 10.4. The quantitative estimate of drug-likeness (QED) is 0.220. The minimum absolute atomic E-state index is 0.849. The molecule has 6 aromatic carbocycles. The topological polar surface area (TPSA) is 16.4 Å². The van der Waals surface area contributed by atoms with Crippen LogP contribution in [0.2, 0.25) is 0 Å². The molecule has 0 saturated heterocycles. The van der Waals surface area contributed by atoms with Crippen LogP contribution in [0.15, 0.2) is 168 Å². The van der Waals surface area contributed by atoms with Gasteiger partial charge >= 0.3 is 0 Å². The second-order valence-electron chi connectivity index (χ2n) is 9.83. The molecule has 0 bridgehead atoms. The lowest BCUT2D eigenvalue weighted by atomic mass is 10.0. The molecule has 0 atom stereocenters. The summed E-state index contributed by atoms with van der Waals surface area (Å²) in [6.45, 7) is 0. The van der Waals surface area contributed by atoms with Crippen LogP contribution in [-0.4, -0.2) is 0 Å². The Morgan fingerprint density at radius 3 is 1.75 bits per heavy atom. The van der Waals surface area contributed by atoms with Gasteiger partial charge in [-0.2, -0.15) is 0 Å². The van der Waals surface area contributed by atoms with E-state index in [2.05, 4.69) is 144 Å². The van der Waals surface area contributed by atoms with Gasteiger partial charge in [0, 0.05) is 22.3 Å². The fraction of sp³-hybridized carbons (Fsp3) is 0. The first-order valence-electron chi connectivity index (χ1n) is 13.5. The summed E-state index contributed by atoms with van der Waals surface area (Å²) in [5.74, 6) is 0.849. The van der Waals surface area contributed by atoms with Gasteiger partial charge in [-0.25, -0.2) is 0 Å². The third-order valence-electron chi connectivity index (χ3n) is 7.28. The summed E-state index contributed by atoms with van der Waals surface area (Å²) in [4.78, 5) is 2.32. The molecular formula is C38H27NO. The average Bonchev–Trinajstić information content (AvgIpc) is 3.47. The van der Waals surface area contributed by atoms with Gasteiger partial charge in [-0.15, -0.1) is 0 Å². The van der Waals surface area contributed by atoms with Gasteiger partial charge in [-0.05, 0) is 70.8 Å². The monoisotopic (exact) mass is 513 g/mol. The van der Waals surface area contributed by atoms with E-state index in [1.165, 1.54) is 22.3 Å². The Balaban J connectivity index is 1.40. The highest BCUT2D eigenvalue weighted by molar-refractivity contribution is 5.91. The van der Waals surface area contributed by atoms with Crippen LogP contribution in [0.3, 0.4) is 0 Å². The van der Waals surface area contributed by atoms with E-state index in [0.29, 0.717) is 0 Å². The minimum Gasteiger partial charge on any atom is -0.456 e. The van der Waals surface area contributed by atoms with Crippen LogP contribution >= 0.6 is 0 Å². The molecule has 0 radical (unpaired) electrons. The molecule has 0 saturated carbocycles. The van der Waals surface area contributed by atoms with E-state index < -0.39 is 0 Å². The smallest absolute Gasteiger partial charge is 0.137 e. The Morgan fingerprint density at radius 2 is 1.00 bits per heavy atom. The molecule has 1 aromatic heterocycles. The van der Waals surface area contributed by atoms with E-state index in [1.807, 2.05) is 24.3 Å². The molecule has 7 rings (SSSR count). The van der Waals surface area contributed by atoms with Crippen molar-refractivity contribution in [3.8, 4) is 33.6 Å². The van der Waals surface area contributed by atoms with Gasteiger partial charge in [0.15, 0.2) is 0 Å². The van der Waals surface area contributed by atoms with E-state index >= 15 is 0 Å². The van der Waals surface area contributed by atoms with E-state index in [-0.39, 0.29) is 0 Å². The maximum atomic E-state index is 6.36. The van der Waals surface area contributed by atoms with Gasteiger partial charge < -0.3 is 9.32 Å². The second-order valence-corrected chi connectivity index (χ2v) is 9.83. The number of para-hydroxylation sites is 2. The van der Waals surface area contributed by atoms with E-state index in [4.69, 9.17) is 4.42 Å². The first-order chi connectivity index (χ1) is 19.8. The van der Waals surface area contributed by atoms with Crippen molar-refractivity contribution in [2.45, 2.75) is 0 Å². The highest BCUT2D eigenvalue weighted by Gasteiger charge is 2.19. The molecule has 0 spiro atoms. The zero-order valence-electron chi connectivity index (χ0n) is 21.9. The summed E-state index contributed by atoms with van der Waals surface area (Å²) >= 11 is 0. The molecular weight excluding hydrogens is 486 g/mol. The number of fused-ring (bicyclic) bond motifs is 1. The molecule has 2 nitrogen and oxygen atoms in total. The zero-order chi connectivity index (χ0) is 26.7. The number of benzene rings is 6. The number of anilines is 3. The van der Waals surface area contributed by atoms with Crippen LogP contribution in [0.1, 0.15) is 0 Å². The van der Waals surface area contributed by atoms with Gasteiger partial charge in [0.05, 0.1) is 5.69 Å². The minimum atomic E-state index is 0.849. The summed E-state index contributed by atoms with van der Waals surface area (Å²) in [5, 5.41) is 1.09. The van der Waals surface area contributed by atoms with Crippen molar-refractivity contribution in [1.82, 2.24) is 0 Å². The Kier molecular flexibility index (Phi) is 6.20. The molecule has 0 unspecified atom stereocenters. The molecule has 1 heterocycles. The lowest BCUT2D eigenvalue weighted by Crippen LogP contribution is -2.11. The standard InChI is InChI=1S/C38H27NO/c1-3-12-28(13-4-1)30-22-24-33(25-23-30)39(34-18-11-17-31(26-34)29-14-5-2-6-15-29)36-20-9-8-19-35(36)38-27-32-16-7-10-21-37(32)40-38/h1-27H. The Bertz CT molecular complexity index is 1850. The van der Waals surface area contributed by atoms with Crippen LogP contribution in [-0.2, 0) is 0 Å². The van der Waals surface area contributed by atoms with Crippen molar-refractivity contribution < 1.29 is 4.42 Å². The van der Waals surface area contributed by atoms with E-state index in [0.717, 1.165) is 39.4 Å². The van der Waals surface area contributed by atoms with Gasteiger partial charge in [0.1, 0.15) is 11.3 Å². The van der Waals surface area contributed by atoms with Gasteiger partial charge in [-0.3, -0.25) is 0 Å². The van der Waals surface area contributed by atoms with E-state index in [1.54, 1.807) is 0 Å². The van der Waals surface area contributed by atoms with Crippen molar-refractivity contribution in [3.63, 3.8) is 0 Å². The Morgan fingerprint density at radius 1 is 0.400 bits per heavy atom. The molecule has 0 amide bonds. The zero-order valence-corrected chi connectivity index (χ0v) is 21.9. The van der Waals surface area contributed by atoms with Crippen molar-refractivity contribution in [3.05, 3.63) is 164 Å². The summed E-state index contributed by atoms with van der Waals surface area (Å²) < 4.78 is 6.36. The van der Waals surface area contributed by atoms with Crippen LogP contribution in [0, 0.1) is 0 Å². The van der Waals surface area contributed by atoms with Crippen molar-refractivity contribution in [2.24, 2.45) is 0 Å². The van der Waals surface area contributed by atoms with Crippen molar-refractivity contribution in [2.75, 3.05) is 4.90 Å². The van der Waals surface area contributed by atoms with Gasteiger partial charge in [-0.1, -0.05) is 115 Å². The summed E-state index contributed by atoms with van der Waals surface area (Å²) in [6, 6.07) is 57.3. The van der Waals surface area contributed by atoms with Crippen LogP contribution in [0.5, 0.6) is 0 Å². The predicted octanol–water partition coefficient (Wildman–Crippen LogP) is 10.9. The lowest BCUT2D eigenvalue weighted by molar-refractivity contribution is 0.631. The van der Waals surface area contributed by atoms with Crippen molar-refractivity contribution in [1.29, 1.82) is 0 Å². The number of nitrogens with zero attached hydrogens (tertiary/aromatic N) is 1. The summed E-state index contributed by atoms with van der Waals surface area (Å²) in [7, 11) is 0. The first kappa shape index (κ1) is 23.8. The molecule has 190 valence electrons. The number of rotatable bonds is 6. The maximum Gasteiger partial charge on any atom is 0.137 e. The third kappa shape index (κ3) is 4.57. The molecule has 0 aliphatic carbocycles. The SMILES string of the molecule is c1ccc(-c2ccc(N(c3cccc(-c4ccccc4)c3)c3ccccc3-c3cc4ccccc4o3)cc2)cc1. The molecule has 0 aliphatic rings. The van der Waals surface area contributed by atoms with Gasteiger partial charge in [0.25, 0.3) is 0 Å². The molecule has 40 heavy (non-hydrogen) atoms. The summed E-state index contributed by atoms with van der Waals surface area (Å²) in [6.07, 6.45) is 0. The molecule has 0 fully saturated rings. The maximum absolute atomic E-state index is 6.36. The molecule has 0 N–H and O–H groups in total. The number of hydrogen-bond donors (Lipinski definition) is 0. The number of furan rings is 1. The Labute approximate surface area is 234 Å². The molecule has 7 aromatic rings. The normalized spacial score (nSPS) is 11.0. The molecule has 2 heteroatoms. The highest BCUT2D eigenvalue weighted by atomic mass is 16.3. The van der Waals surface area contributed by atoms with Crippen LogP contribution in [0.25, 0.3) is 44.5 Å². The first-order valence-corrected chi connectivity index (χ1v) is 13.5. The lowest BCUT2D eigenvalue weighted by Gasteiger charge is -2.28.